The van der Waals surface area contributed by atoms with Gasteiger partial charge in [-0.15, -0.1) is 0 Å². The molecule has 0 unspecified atom stereocenters. The van der Waals surface area contributed by atoms with Gasteiger partial charge >= 0.3 is 0 Å². The van der Waals surface area contributed by atoms with Crippen LogP contribution in [0.1, 0.15) is 0 Å². The van der Waals surface area contributed by atoms with Gasteiger partial charge in [0, 0.05) is 52.4 Å². The average molecular weight is 180 g/mol. The van der Waals surface area contributed by atoms with Crippen LogP contribution in [0.25, 0.3) is 0 Å². The van der Waals surface area contributed by atoms with Crippen molar-refractivity contribution in [3.05, 3.63) is 0 Å². The fourth-order valence-electron chi connectivity index (χ4n) is 0. The second kappa shape index (κ2) is 22.5. The van der Waals surface area contributed by atoms with Gasteiger partial charge in [-0.05, 0) is 0 Å². The van der Waals surface area contributed by atoms with Gasteiger partial charge in [-0.3, -0.25) is 0 Å². The third kappa shape index (κ3) is 9.37. The van der Waals surface area contributed by atoms with Crippen LogP contribution in [-0.2, 0) is 52.4 Å². The quantitative estimate of drug-likeness (QED) is 0.410. The molecule has 0 heterocycles. The van der Waals surface area contributed by atoms with Crippen molar-refractivity contribution >= 4 is 8.41 Å². The zero-order chi connectivity index (χ0) is 0. The van der Waals surface area contributed by atoms with Crippen LogP contribution in [0.2, 0.25) is 0 Å². The Morgan fingerprint density at radius 2 is 1.00 bits per heavy atom. The molecule has 0 bridgehead atoms. The first-order chi connectivity index (χ1) is 0. The Bertz CT molecular complexity index is 8.00. The third-order valence-corrected chi connectivity index (χ3v) is 0. The molecule has 0 amide bonds. The van der Waals surface area contributed by atoms with Gasteiger partial charge in [-0.1, -0.05) is 0 Å². The summed E-state index contributed by atoms with van der Waals surface area (Å²) in [6.07, 6.45) is 0. The summed E-state index contributed by atoms with van der Waals surface area (Å²) in [5.74, 6) is 0. The minimum Gasteiger partial charge on any atom is 0 e. The molecule has 0 aromatic heterocycles. The van der Waals surface area contributed by atoms with Crippen LogP contribution in [-0.4, -0.2) is 8.41 Å². The van der Waals surface area contributed by atoms with Gasteiger partial charge in [0.1, 0.15) is 0 Å². The van der Waals surface area contributed by atoms with E-state index in [1.165, 1.54) is 0 Å². The maximum absolute atomic E-state index is 0. The van der Waals surface area contributed by atoms with Gasteiger partial charge in [0.25, 0.3) is 0 Å². The van der Waals surface area contributed by atoms with E-state index in [1.807, 2.05) is 0 Å². The van der Waals surface area contributed by atoms with E-state index >= 15 is 0 Å². The smallest absolute Gasteiger partial charge is 0 e. The van der Waals surface area contributed by atoms with Crippen LogP contribution in [0, 0.1) is 0 Å². The van der Waals surface area contributed by atoms with E-state index in [1.54, 1.807) is 0 Å². The second-order valence-electron chi connectivity index (χ2n) is 0. The van der Waals surface area contributed by atoms with E-state index < -0.39 is 0 Å². The molecule has 4 heteroatoms. The topological polar surface area (TPSA) is 0 Å². The maximum atomic E-state index is 0. The number of rotatable bonds is 0. The molecule has 0 saturated carbocycles. The fraction of sp³-hybridized carbons (Fsp3) is 0. The summed E-state index contributed by atoms with van der Waals surface area (Å²) in [5, 5.41) is 0. The maximum Gasteiger partial charge on any atom is 0.0814 e. The first kappa shape index (κ1) is 44.2. The van der Waals surface area contributed by atoms with E-state index in [2.05, 4.69) is 0 Å². The molecule has 0 N–H and O–H groups in total. The van der Waals surface area contributed by atoms with Crippen molar-refractivity contribution in [3.63, 3.8) is 0 Å². The fourth-order valence-corrected chi connectivity index (χ4v) is 0. The van der Waals surface area contributed by atoms with Crippen molar-refractivity contribution in [1.82, 2.24) is 0 Å². The molecule has 0 rings (SSSR count). The average Bonchev–Trinajstić information content (AvgIpc) is 0. The van der Waals surface area contributed by atoms with Crippen molar-refractivity contribution in [2.45, 2.75) is 0 Å². The van der Waals surface area contributed by atoms with E-state index in [-0.39, 0.29) is 60.8 Å². The van der Waals surface area contributed by atoms with Gasteiger partial charge in [0.2, 0.25) is 0 Å². The largest absolute Gasteiger partial charge is 0.0814 e. The summed E-state index contributed by atoms with van der Waals surface area (Å²) in [4.78, 5) is 0. The van der Waals surface area contributed by atoms with Crippen molar-refractivity contribution in [2.75, 3.05) is 0 Å². The minimum absolute atomic E-state index is 0. The van der Waals surface area contributed by atoms with Gasteiger partial charge in [-0.2, -0.15) is 0 Å². The molecule has 28 valence electrons. The minimum atomic E-state index is 0. The summed E-state index contributed by atoms with van der Waals surface area (Å²) in [6.45, 7) is 0. The Balaban J connectivity index is 0. The summed E-state index contributed by atoms with van der Waals surface area (Å²) < 4.78 is 0. The van der Waals surface area contributed by atoms with Crippen molar-refractivity contribution < 1.29 is 52.4 Å². The van der Waals surface area contributed by atoms with E-state index in [0.717, 1.165) is 0 Å². The molecule has 0 fully saturated rings. The van der Waals surface area contributed by atoms with Gasteiger partial charge in [0.15, 0.2) is 0 Å². The number of hydrogen-bond acceptors (Lipinski definition) is 0. The van der Waals surface area contributed by atoms with Crippen LogP contribution in [0.3, 0.4) is 0 Å². The Hall–Kier alpha value is 1.68. The predicted molar refractivity (Wildman–Crippen MR) is 9.94 cm³/mol. The van der Waals surface area contributed by atoms with Gasteiger partial charge in [0.05, 0.1) is 8.41 Å². The standard InChI is InChI=1S/BH3.Co.Fe.V/h1H3;;;. The molecule has 0 atom stereocenters. The normalized spacial score (nSPS) is 0. The molecular weight excluding hydrogens is 177 g/mol. The second-order valence-corrected chi connectivity index (χ2v) is 0. The van der Waals surface area contributed by atoms with Crippen LogP contribution in [0.5, 0.6) is 0 Å². The van der Waals surface area contributed by atoms with Gasteiger partial charge in [-0.25, -0.2) is 0 Å². The Morgan fingerprint density at radius 3 is 1.00 bits per heavy atom. The van der Waals surface area contributed by atoms with Crippen molar-refractivity contribution in [3.8, 4) is 0 Å². The molecule has 0 saturated heterocycles. The SMILES string of the molecule is B.[Co].[Fe].[V]. The summed E-state index contributed by atoms with van der Waals surface area (Å²) in [5.41, 5.74) is 0. The third-order valence-electron chi connectivity index (χ3n) is 0. The monoisotopic (exact) mass is 180 g/mol. The van der Waals surface area contributed by atoms with Crippen LogP contribution in [0.4, 0.5) is 0 Å². The van der Waals surface area contributed by atoms with E-state index in [0.29, 0.717) is 0 Å². The summed E-state index contributed by atoms with van der Waals surface area (Å²) in [6, 6.07) is 0. The van der Waals surface area contributed by atoms with Crippen molar-refractivity contribution in [1.29, 1.82) is 0 Å². The molecular formula is H3BCoFeV. The number of hydrogen-bond donors (Lipinski definition) is 0. The summed E-state index contributed by atoms with van der Waals surface area (Å²) in [7, 11) is 0. The zero-order valence-corrected chi connectivity index (χ0v) is 4.68. The Morgan fingerprint density at radius 1 is 1.00 bits per heavy atom. The molecule has 0 aliphatic heterocycles. The Labute approximate surface area is 60.6 Å². The molecule has 4 heavy (non-hydrogen) atoms. The van der Waals surface area contributed by atoms with Gasteiger partial charge < -0.3 is 0 Å². The van der Waals surface area contributed by atoms with Crippen LogP contribution in [0.15, 0.2) is 0 Å². The first-order valence-electron chi connectivity index (χ1n) is 0. The zero-order valence-electron chi connectivity index (χ0n) is 1.13. The molecule has 0 aromatic carbocycles. The molecule has 0 aliphatic rings. The Kier molecular flexibility index (Phi) is 249. The predicted octanol–water partition coefficient (Wildman–Crippen LogP) is -1.19. The van der Waals surface area contributed by atoms with Crippen LogP contribution < -0.4 is 0 Å². The summed E-state index contributed by atoms with van der Waals surface area (Å²) >= 11 is 0. The van der Waals surface area contributed by atoms with E-state index in [4.69, 9.17) is 0 Å². The molecule has 2 radical (unpaired) electrons. The van der Waals surface area contributed by atoms with E-state index in [9.17, 15) is 0 Å². The molecule has 0 aliphatic carbocycles. The first-order valence-corrected chi connectivity index (χ1v) is 0. The molecule has 0 nitrogen and oxygen atoms in total. The van der Waals surface area contributed by atoms with Crippen LogP contribution >= 0.6 is 0 Å². The molecule has 0 aromatic rings. The van der Waals surface area contributed by atoms with Crippen molar-refractivity contribution in [2.24, 2.45) is 0 Å². The molecule has 0 spiro atoms.